The van der Waals surface area contributed by atoms with E-state index in [1.54, 1.807) is 32.4 Å². The van der Waals surface area contributed by atoms with Gasteiger partial charge in [0, 0.05) is 37.8 Å². The molecule has 0 aliphatic carbocycles. The number of aliphatic carboxylic acids is 1. The lowest BCUT2D eigenvalue weighted by Gasteiger charge is -2.17. The number of carboxylic acid groups (broad SMARTS) is 1. The molecule has 1 N–H and O–H groups in total. The Hall–Kier alpha value is -2.01. The van der Waals surface area contributed by atoms with Crippen LogP contribution in [0.5, 0.6) is 11.5 Å². The number of rotatable bonds is 8. The van der Waals surface area contributed by atoms with Gasteiger partial charge in [0.1, 0.15) is 11.5 Å². The summed E-state index contributed by atoms with van der Waals surface area (Å²) < 4.78 is 16.0. The highest BCUT2D eigenvalue weighted by atomic mass is 16.5. The molecule has 1 aromatic carbocycles. The van der Waals surface area contributed by atoms with Gasteiger partial charge in [-0.05, 0) is 25.1 Å². The molecule has 20 heavy (non-hydrogen) atoms. The second-order valence-corrected chi connectivity index (χ2v) is 4.29. The molecule has 1 aromatic rings. The van der Waals surface area contributed by atoms with Gasteiger partial charge in [0.05, 0.1) is 13.2 Å². The first-order valence-electron chi connectivity index (χ1n) is 6.31. The van der Waals surface area contributed by atoms with Crippen molar-refractivity contribution in [1.29, 1.82) is 0 Å². The third kappa shape index (κ3) is 5.32. The molecule has 0 radical (unpaired) electrons. The Balaban J connectivity index is 2.91. The maximum atomic E-state index is 10.6. The highest BCUT2D eigenvalue weighted by Gasteiger charge is 2.09. The van der Waals surface area contributed by atoms with Crippen LogP contribution >= 0.6 is 0 Å². The minimum absolute atomic E-state index is 0.0426. The Morgan fingerprint density at radius 2 is 2.15 bits per heavy atom. The van der Waals surface area contributed by atoms with E-state index in [0.29, 0.717) is 23.7 Å². The van der Waals surface area contributed by atoms with Crippen molar-refractivity contribution in [3.63, 3.8) is 0 Å². The molecular weight excluding hydrogens is 260 g/mol. The van der Waals surface area contributed by atoms with E-state index in [2.05, 4.69) is 0 Å². The zero-order valence-electron chi connectivity index (χ0n) is 12.0. The maximum absolute atomic E-state index is 10.6. The molecular formula is C15H20O5. The molecule has 0 fully saturated rings. The number of carboxylic acids is 1. The predicted octanol–water partition coefficient (Wildman–Crippen LogP) is 2.60. The average Bonchev–Trinajstić information content (AvgIpc) is 2.43. The molecule has 5 nitrogen and oxygen atoms in total. The van der Waals surface area contributed by atoms with Gasteiger partial charge in [-0.3, -0.25) is 0 Å². The first-order chi connectivity index (χ1) is 9.56. The van der Waals surface area contributed by atoms with Crippen LogP contribution in [0.1, 0.15) is 18.9 Å². The highest BCUT2D eigenvalue weighted by molar-refractivity contribution is 5.86. The SMILES string of the molecule is COCCC(C)Oc1cc(OC)ccc1/C=C/C(=O)O. The Morgan fingerprint density at radius 1 is 1.40 bits per heavy atom. The molecule has 0 bridgehead atoms. The molecule has 0 heterocycles. The van der Waals surface area contributed by atoms with Gasteiger partial charge in [0.15, 0.2) is 0 Å². The molecule has 0 amide bonds. The number of benzene rings is 1. The van der Waals surface area contributed by atoms with E-state index in [1.807, 2.05) is 6.92 Å². The number of ether oxygens (including phenoxy) is 3. The lowest BCUT2D eigenvalue weighted by Crippen LogP contribution is -2.14. The first kappa shape index (κ1) is 16.0. The van der Waals surface area contributed by atoms with Crippen molar-refractivity contribution in [3.05, 3.63) is 29.8 Å². The minimum atomic E-state index is -1.00. The van der Waals surface area contributed by atoms with Crippen LogP contribution in [0, 0.1) is 0 Å². The van der Waals surface area contributed by atoms with Crippen LogP contribution < -0.4 is 9.47 Å². The van der Waals surface area contributed by atoms with E-state index in [-0.39, 0.29) is 6.10 Å². The summed E-state index contributed by atoms with van der Waals surface area (Å²) in [5, 5.41) is 8.70. The number of methoxy groups -OCH3 is 2. The molecule has 0 saturated carbocycles. The summed E-state index contributed by atoms with van der Waals surface area (Å²) in [6, 6.07) is 5.26. The maximum Gasteiger partial charge on any atom is 0.328 e. The standard InChI is InChI=1S/C15H20O5/c1-11(8-9-18-2)20-14-10-13(19-3)6-4-12(14)5-7-15(16)17/h4-7,10-11H,8-9H2,1-3H3,(H,16,17)/b7-5+. The number of carbonyl (C=O) groups is 1. The molecule has 5 heteroatoms. The summed E-state index contributed by atoms with van der Waals surface area (Å²) in [5.41, 5.74) is 0.692. The summed E-state index contributed by atoms with van der Waals surface area (Å²) in [6.45, 7) is 2.54. The first-order valence-corrected chi connectivity index (χ1v) is 6.31. The van der Waals surface area contributed by atoms with Crippen LogP contribution in [-0.2, 0) is 9.53 Å². The second-order valence-electron chi connectivity index (χ2n) is 4.29. The fraction of sp³-hybridized carbons (Fsp3) is 0.400. The van der Waals surface area contributed by atoms with Crippen molar-refractivity contribution in [1.82, 2.24) is 0 Å². The highest BCUT2D eigenvalue weighted by Crippen LogP contribution is 2.27. The molecule has 0 saturated heterocycles. The van der Waals surface area contributed by atoms with Crippen LogP contribution in [0.4, 0.5) is 0 Å². The average molecular weight is 280 g/mol. The summed E-state index contributed by atoms with van der Waals surface area (Å²) in [5.74, 6) is 0.246. The smallest absolute Gasteiger partial charge is 0.328 e. The van der Waals surface area contributed by atoms with E-state index in [1.165, 1.54) is 6.08 Å². The third-order valence-corrected chi connectivity index (χ3v) is 2.68. The van der Waals surface area contributed by atoms with Crippen LogP contribution in [0.25, 0.3) is 6.08 Å². The topological polar surface area (TPSA) is 65.0 Å². The van der Waals surface area contributed by atoms with E-state index >= 15 is 0 Å². The number of hydrogen-bond donors (Lipinski definition) is 1. The van der Waals surface area contributed by atoms with Gasteiger partial charge >= 0.3 is 5.97 Å². The molecule has 0 aromatic heterocycles. The van der Waals surface area contributed by atoms with Crippen molar-refractivity contribution in [2.24, 2.45) is 0 Å². The van der Waals surface area contributed by atoms with E-state index in [0.717, 1.165) is 12.5 Å². The fourth-order valence-corrected chi connectivity index (χ4v) is 1.60. The van der Waals surface area contributed by atoms with Crippen LogP contribution in [0.2, 0.25) is 0 Å². The summed E-state index contributed by atoms with van der Waals surface area (Å²) >= 11 is 0. The Kier molecular flexibility index (Phi) is 6.59. The van der Waals surface area contributed by atoms with Crippen molar-refractivity contribution in [2.45, 2.75) is 19.4 Å². The molecule has 1 unspecified atom stereocenters. The predicted molar refractivity (Wildman–Crippen MR) is 76.2 cm³/mol. The molecule has 0 aliphatic rings. The van der Waals surface area contributed by atoms with Crippen molar-refractivity contribution < 1.29 is 24.1 Å². The summed E-state index contributed by atoms with van der Waals surface area (Å²) in [4.78, 5) is 10.6. The molecule has 1 atom stereocenters. The van der Waals surface area contributed by atoms with Crippen molar-refractivity contribution in [3.8, 4) is 11.5 Å². The Morgan fingerprint density at radius 3 is 2.75 bits per heavy atom. The van der Waals surface area contributed by atoms with Gasteiger partial charge in [-0.1, -0.05) is 0 Å². The van der Waals surface area contributed by atoms with Gasteiger partial charge < -0.3 is 19.3 Å². The monoisotopic (exact) mass is 280 g/mol. The zero-order chi connectivity index (χ0) is 15.0. The normalized spacial score (nSPS) is 12.3. The van der Waals surface area contributed by atoms with Crippen molar-refractivity contribution >= 4 is 12.0 Å². The second kappa shape index (κ2) is 8.22. The van der Waals surface area contributed by atoms with Crippen LogP contribution in [0.3, 0.4) is 0 Å². The molecule has 0 spiro atoms. The van der Waals surface area contributed by atoms with Gasteiger partial charge in [-0.15, -0.1) is 0 Å². The summed E-state index contributed by atoms with van der Waals surface area (Å²) in [7, 11) is 3.21. The fourth-order valence-electron chi connectivity index (χ4n) is 1.60. The van der Waals surface area contributed by atoms with Gasteiger partial charge in [-0.2, -0.15) is 0 Å². The zero-order valence-corrected chi connectivity index (χ0v) is 12.0. The summed E-state index contributed by atoms with van der Waals surface area (Å²) in [6.07, 6.45) is 3.28. The minimum Gasteiger partial charge on any atom is -0.497 e. The van der Waals surface area contributed by atoms with Gasteiger partial charge in [0.2, 0.25) is 0 Å². The van der Waals surface area contributed by atoms with Crippen LogP contribution in [0.15, 0.2) is 24.3 Å². The van der Waals surface area contributed by atoms with E-state index < -0.39 is 5.97 Å². The Bertz CT molecular complexity index is 467. The molecule has 0 aliphatic heterocycles. The largest absolute Gasteiger partial charge is 0.497 e. The molecule has 110 valence electrons. The lowest BCUT2D eigenvalue weighted by atomic mass is 10.1. The third-order valence-electron chi connectivity index (χ3n) is 2.68. The quantitative estimate of drug-likeness (QED) is 0.741. The van der Waals surface area contributed by atoms with Crippen molar-refractivity contribution in [2.75, 3.05) is 20.8 Å². The Labute approximate surface area is 118 Å². The van der Waals surface area contributed by atoms with Gasteiger partial charge in [0.25, 0.3) is 0 Å². The lowest BCUT2D eigenvalue weighted by molar-refractivity contribution is -0.131. The van der Waals surface area contributed by atoms with E-state index in [9.17, 15) is 4.79 Å². The van der Waals surface area contributed by atoms with E-state index in [4.69, 9.17) is 19.3 Å². The number of hydrogen-bond acceptors (Lipinski definition) is 4. The van der Waals surface area contributed by atoms with Crippen LogP contribution in [-0.4, -0.2) is 38.0 Å². The van der Waals surface area contributed by atoms with Gasteiger partial charge in [-0.25, -0.2) is 4.79 Å². The molecule has 1 rings (SSSR count).